The Labute approximate surface area is 436 Å². The van der Waals surface area contributed by atoms with E-state index < -0.39 is 11.3 Å². The molecule has 4 aromatic heterocycles. The third kappa shape index (κ3) is 9.86. The van der Waals surface area contributed by atoms with Gasteiger partial charge < -0.3 is 32.0 Å². The van der Waals surface area contributed by atoms with Crippen molar-refractivity contribution in [3.05, 3.63) is 236 Å². The molecule has 12 heteroatoms. The third-order valence-electron chi connectivity index (χ3n) is 13.7. The van der Waals surface area contributed by atoms with Crippen molar-refractivity contribution in [1.82, 2.24) is 9.80 Å². The van der Waals surface area contributed by atoms with Crippen LogP contribution in [0.15, 0.2) is 197 Å². The van der Waals surface area contributed by atoms with Crippen LogP contribution in [0.5, 0.6) is 11.5 Å². The van der Waals surface area contributed by atoms with E-state index in [0.717, 1.165) is 59.2 Å². The number of rotatable bonds is 14. The largest absolute Gasteiger partial charge is 0.492 e. The van der Waals surface area contributed by atoms with Crippen LogP contribution < -0.4 is 20.7 Å². The highest BCUT2D eigenvalue weighted by Crippen LogP contribution is 2.42. The number of nitrogens with zero attached hydrogens (tertiary/aromatic N) is 2. The van der Waals surface area contributed by atoms with Gasteiger partial charge in [-0.05, 0) is 134 Å². The summed E-state index contributed by atoms with van der Waals surface area (Å²) in [5.74, 6) is 1.27. The van der Waals surface area contributed by atoms with E-state index in [1.54, 1.807) is 36.4 Å². The van der Waals surface area contributed by atoms with Gasteiger partial charge in [0, 0.05) is 71.3 Å². The molecule has 1 aliphatic rings. The maximum atomic E-state index is 13.9. The third-order valence-corrected chi connectivity index (χ3v) is 13.7. The average molecular weight is 1010 g/mol. The van der Waals surface area contributed by atoms with Gasteiger partial charge >= 0.3 is 11.3 Å². The summed E-state index contributed by atoms with van der Waals surface area (Å²) in [6, 6.07) is 52.1. The average Bonchev–Trinajstić information content (AvgIpc) is 4.23. The summed E-state index contributed by atoms with van der Waals surface area (Å²) < 4.78 is 35.4. The molecular formula is C64H52N2O10. The predicted octanol–water partition coefficient (Wildman–Crippen LogP) is 12.8. The molecule has 0 fully saturated rings. The predicted molar refractivity (Wildman–Crippen MR) is 295 cm³/mol. The fourth-order valence-corrected chi connectivity index (χ4v) is 9.87. The smallest absolute Gasteiger partial charge is 0.336 e. The Morgan fingerprint density at radius 3 is 1.37 bits per heavy atom. The van der Waals surface area contributed by atoms with Gasteiger partial charge in [0.2, 0.25) is 11.6 Å². The van der Waals surface area contributed by atoms with Crippen molar-refractivity contribution >= 4 is 55.4 Å². The SMILES string of the molecule is Cc1cc(=O)oc2c1ccc1oc(C(=O)c3ccc(OCCN(C)C)cc3)c(-c3ccccc3)c12.Cc1cc(=O)oc2c1ccc1oc(C(=O)c3ccc(OCCN4Cc5ccccc5C4)cc3)c(-c3ccccc3)c12. The van der Waals surface area contributed by atoms with Crippen LogP contribution in [-0.2, 0) is 13.1 Å². The van der Waals surface area contributed by atoms with Crippen LogP contribution in [-0.4, -0.2) is 61.8 Å². The van der Waals surface area contributed by atoms with Crippen LogP contribution in [0.2, 0.25) is 0 Å². The van der Waals surface area contributed by atoms with E-state index in [-0.39, 0.29) is 23.1 Å². The molecule has 76 heavy (non-hydrogen) atoms. The highest BCUT2D eigenvalue weighted by Gasteiger charge is 2.28. The van der Waals surface area contributed by atoms with Crippen molar-refractivity contribution in [3.63, 3.8) is 0 Å². The highest BCUT2D eigenvalue weighted by atomic mass is 16.5. The molecule has 0 amide bonds. The van der Waals surface area contributed by atoms with Gasteiger partial charge in [0.05, 0.1) is 10.8 Å². The fourth-order valence-electron chi connectivity index (χ4n) is 9.87. The second-order valence-corrected chi connectivity index (χ2v) is 19.2. The molecule has 1 aliphatic heterocycles. The van der Waals surface area contributed by atoms with Gasteiger partial charge in [-0.25, -0.2) is 9.59 Å². The van der Waals surface area contributed by atoms with Crippen LogP contribution in [0.1, 0.15) is 54.5 Å². The summed E-state index contributed by atoms with van der Waals surface area (Å²) in [5.41, 5.74) is 9.04. The Hall–Kier alpha value is -9.10. The first-order chi connectivity index (χ1) is 37.0. The van der Waals surface area contributed by atoms with Gasteiger partial charge in [-0.3, -0.25) is 14.5 Å². The molecule has 0 bridgehead atoms. The summed E-state index contributed by atoms with van der Waals surface area (Å²) in [4.78, 5) is 56.5. The molecule has 0 radical (unpaired) electrons. The molecule has 0 spiro atoms. The normalized spacial score (nSPS) is 12.3. The molecule has 0 saturated heterocycles. The van der Waals surface area contributed by atoms with E-state index in [9.17, 15) is 19.2 Å². The van der Waals surface area contributed by atoms with Gasteiger partial charge in [-0.2, -0.15) is 0 Å². The number of furan rings is 2. The molecule has 0 N–H and O–H groups in total. The molecule has 0 unspecified atom stereocenters. The minimum Gasteiger partial charge on any atom is -0.492 e. The van der Waals surface area contributed by atoms with Gasteiger partial charge in [0.25, 0.3) is 0 Å². The summed E-state index contributed by atoms with van der Waals surface area (Å²) in [7, 11) is 3.97. The summed E-state index contributed by atoms with van der Waals surface area (Å²) in [6.07, 6.45) is 0. The van der Waals surface area contributed by atoms with Gasteiger partial charge in [0.1, 0.15) is 47.0 Å². The van der Waals surface area contributed by atoms with Crippen LogP contribution in [0.25, 0.3) is 66.1 Å². The van der Waals surface area contributed by atoms with Crippen LogP contribution >= 0.6 is 0 Å². The minimum absolute atomic E-state index is 0.198. The lowest BCUT2D eigenvalue weighted by Gasteiger charge is -2.15. The summed E-state index contributed by atoms with van der Waals surface area (Å²) in [6.45, 7) is 8.33. The lowest BCUT2D eigenvalue weighted by atomic mass is 9.96. The molecule has 11 aromatic rings. The Bertz CT molecular complexity index is 4050. The standard InChI is InChI=1S/C35H27NO5.C29H25NO5/c1-22-19-30(37)41-34-28(22)15-16-29-32(34)31(23-7-3-2-4-8-23)35(40-29)33(38)24-11-13-27(14-12-24)39-18-17-36-20-25-9-5-6-10-26(25)21-36;1-18-17-24(31)35-28-22(18)13-14-23-26(28)25(19-7-5-4-6-8-19)29(34-23)27(32)20-9-11-21(12-10-20)33-16-15-30(2)3/h2-16,19H,17-18,20-21H2,1H3;4-14,17H,15-16H2,1-3H3. The van der Waals surface area contributed by atoms with E-state index in [2.05, 4.69) is 29.2 Å². The van der Waals surface area contributed by atoms with Crippen molar-refractivity contribution in [1.29, 1.82) is 0 Å². The molecule has 12 rings (SSSR count). The zero-order valence-corrected chi connectivity index (χ0v) is 42.4. The summed E-state index contributed by atoms with van der Waals surface area (Å²) in [5, 5.41) is 2.82. The van der Waals surface area contributed by atoms with Crippen LogP contribution in [0.4, 0.5) is 0 Å². The first-order valence-corrected chi connectivity index (χ1v) is 25.1. The highest BCUT2D eigenvalue weighted by molar-refractivity contribution is 6.21. The first kappa shape index (κ1) is 49.1. The second kappa shape index (κ2) is 21.0. The fraction of sp³-hybridized carbons (Fsp3) is 0.156. The maximum Gasteiger partial charge on any atom is 0.336 e. The Morgan fingerprint density at radius 1 is 0.513 bits per heavy atom. The van der Waals surface area contributed by atoms with Crippen molar-refractivity contribution in [2.75, 3.05) is 40.4 Å². The van der Waals surface area contributed by atoms with Crippen molar-refractivity contribution in [3.8, 4) is 33.8 Å². The quantitative estimate of drug-likeness (QED) is 0.0755. The molecule has 0 saturated carbocycles. The van der Waals surface area contributed by atoms with E-state index in [0.29, 0.717) is 80.1 Å². The van der Waals surface area contributed by atoms with Crippen LogP contribution in [0, 0.1) is 13.8 Å². The molecule has 12 nitrogen and oxygen atoms in total. The number of ether oxygens (including phenoxy) is 2. The van der Waals surface area contributed by atoms with Crippen molar-refractivity contribution < 1.29 is 36.7 Å². The number of carbonyl (C=O) groups is 2. The maximum absolute atomic E-state index is 13.9. The Morgan fingerprint density at radius 2 is 0.934 bits per heavy atom. The second-order valence-electron chi connectivity index (χ2n) is 19.2. The number of likely N-dealkylation sites (N-methyl/N-ethyl adjacent to an activating group) is 1. The molecular weight excluding hydrogens is 957 g/mol. The number of fused-ring (bicyclic) bond motifs is 7. The Kier molecular flexibility index (Phi) is 13.6. The van der Waals surface area contributed by atoms with E-state index in [1.807, 2.05) is 130 Å². The minimum atomic E-state index is -0.444. The van der Waals surface area contributed by atoms with Crippen molar-refractivity contribution in [2.45, 2.75) is 26.9 Å². The topological polar surface area (TPSA) is 146 Å². The number of hydrogen-bond acceptors (Lipinski definition) is 12. The van der Waals surface area contributed by atoms with Gasteiger partial charge in [-0.1, -0.05) is 84.9 Å². The molecule has 0 atom stereocenters. The molecule has 7 aromatic carbocycles. The first-order valence-electron chi connectivity index (χ1n) is 25.1. The lowest BCUT2D eigenvalue weighted by molar-refractivity contribution is 0.100. The van der Waals surface area contributed by atoms with E-state index in [4.69, 9.17) is 27.1 Å². The number of hydrogen-bond donors (Lipinski definition) is 0. The molecule has 5 heterocycles. The molecule has 378 valence electrons. The summed E-state index contributed by atoms with van der Waals surface area (Å²) >= 11 is 0. The number of benzene rings is 7. The number of aryl methyl sites for hydroxylation is 2. The monoisotopic (exact) mass is 1010 g/mol. The van der Waals surface area contributed by atoms with Crippen molar-refractivity contribution in [2.24, 2.45) is 0 Å². The zero-order valence-electron chi connectivity index (χ0n) is 42.4. The van der Waals surface area contributed by atoms with Crippen LogP contribution in [0.3, 0.4) is 0 Å². The zero-order chi connectivity index (χ0) is 52.5. The Balaban J connectivity index is 0.000000164. The van der Waals surface area contributed by atoms with Gasteiger partial charge in [0.15, 0.2) is 11.5 Å². The number of carbonyl (C=O) groups excluding carboxylic acids is 2. The number of ketones is 2. The van der Waals surface area contributed by atoms with E-state index in [1.165, 1.54) is 23.3 Å². The molecule has 0 aliphatic carbocycles. The van der Waals surface area contributed by atoms with Gasteiger partial charge in [-0.15, -0.1) is 0 Å². The lowest BCUT2D eigenvalue weighted by Crippen LogP contribution is -2.22. The van der Waals surface area contributed by atoms with E-state index >= 15 is 0 Å².